The molecule has 0 amide bonds. The normalized spacial score (nSPS) is 11.1. The van der Waals surface area contributed by atoms with Gasteiger partial charge in [0.25, 0.3) is 0 Å². The lowest BCUT2D eigenvalue weighted by Crippen LogP contribution is -2.05. The minimum absolute atomic E-state index is 0.180. The van der Waals surface area contributed by atoms with E-state index in [-0.39, 0.29) is 18.5 Å². The lowest BCUT2D eigenvalue weighted by atomic mass is 10.2. The van der Waals surface area contributed by atoms with E-state index in [0.717, 1.165) is 19.3 Å². The molecule has 0 aromatic heterocycles. The molecule has 0 radical (unpaired) electrons. The summed E-state index contributed by atoms with van der Waals surface area (Å²) in [5, 5.41) is 8.26. The summed E-state index contributed by atoms with van der Waals surface area (Å²) in [5.74, 6) is -0.915. The van der Waals surface area contributed by atoms with Gasteiger partial charge in [-0.05, 0) is 26.2 Å². The number of aliphatic carboxylic acids is 1. The van der Waals surface area contributed by atoms with Crippen molar-refractivity contribution in [1.82, 2.24) is 0 Å². The topological polar surface area (TPSA) is 72.8 Å². The van der Waals surface area contributed by atoms with Gasteiger partial charge in [0, 0.05) is 20.5 Å². The van der Waals surface area contributed by atoms with Gasteiger partial charge in [-0.2, -0.15) is 0 Å². The van der Waals surface area contributed by atoms with Crippen LogP contribution in [0.3, 0.4) is 0 Å². The molecule has 0 saturated carbocycles. The van der Waals surface area contributed by atoms with Crippen LogP contribution in [0.4, 0.5) is 0 Å². The van der Waals surface area contributed by atoms with Crippen molar-refractivity contribution in [2.75, 3.05) is 13.7 Å². The highest BCUT2D eigenvalue weighted by Gasteiger charge is 2.01. The monoisotopic (exact) mass is 262 g/mol. The first-order valence-corrected chi connectivity index (χ1v) is 6.31. The van der Waals surface area contributed by atoms with E-state index >= 15 is 0 Å². The van der Waals surface area contributed by atoms with Gasteiger partial charge in [-0.25, -0.2) is 0 Å². The fraction of sp³-hybridized carbons (Fsp3) is 0.846. The molecule has 0 aromatic carbocycles. The maximum Gasteiger partial charge on any atom is 0.303 e. The number of methoxy groups -OCH3 is 1. The average Bonchev–Trinajstić information content (AvgIpc) is 2.29. The van der Waals surface area contributed by atoms with E-state index in [1.54, 1.807) is 7.11 Å². The Morgan fingerprint density at radius 3 is 2.28 bits per heavy atom. The van der Waals surface area contributed by atoms with Crippen molar-refractivity contribution in [3.63, 3.8) is 0 Å². The Morgan fingerprint density at radius 1 is 1.28 bits per heavy atom. The summed E-state index contributed by atoms with van der Waals surface area (Å²) in [7, 11) is 1.63. The predicted molar refractivity (Wildman–Crippen MR) is 69.5 cm³/mol. The third kappa shape index (κ3) is 20.3. The van der Waals surface area contributed by atoms with Crippen molar-refractivity contribution in [3.8, 4) is 0 Å². The fourth-order valence-corrected chi connectivity index (χ4v) is 1.02. The van der Waals surface area contributed by atoms with Crippen molar-refractivity contribution in [2.45, 2.75) is 59.0 Å². The summed E-state index contributed by atoms with van der Waals surface area (Å²) >= 11 is 0. The smallest absolute Gasteiger partial charge is 0.303 e. The van der Waals surface area contributed by atoms with Crippen LogP contribution in [0.2, 0.25) is 0 Å². The molecule has 0 heterocycles. The van der Waals surface area contributed by atoms with Crippen molar-refractivity contribution in [2.24, 2.45) is 0 Å². The maximum absolute atomic E-state index is 10.1. The number of ether oxygens (including phenoxy) is 2. The first-order valence-electron chi connectivity index (χ1n) is 6.31. The summed E-state index contributed by atoms with van der Waals surface area (Å²) in [6.07, 6.45) is 3.99. The Bertz CT molecular complexity index is 215. The number of carbonyl (C=O) groups excluding carboxylic acids is 1. The lowest BCUT2D eigenvalue weighted by Gasteiger charge is -2.06. The first kappa shape index (κ1) is 19.2. The summed E-state index contributed by atoms with van der Waals surface area (Å²) < 4.78 is 9.58. The van der Waals surface area contributed by atoms with Crippen LogP contribution in [0.15, 0.2) is 0 Å². The number of carbonyl (C=O) groups is 2. The first-order chi connectivity index (χ1) is 8.43. The van der Waals surface area contributed by atoms with Crippen LogP contribution in [0, 0.1) is 0 Å². The van der Waals surface area contributed by atoms with Crippen LogP contribution in [0.1, 0.15) is 52.9 Å². The second kappa shape index (κ2) is 14.0. The van der Waals surface area contributed by atoms with Crippen LogP contribution in [-0.2, 0) is 19.1 Å². The van der Waals surface area contributed by atoms with Crippen molar-refractivity contribution >= 4 is 11.9 Å². The van der Waals surface area contributed by atoms with E-state index < -0.39 is 5.97 Å². The van der Waals surface area contributed by atoms with E-state index in [1.807, 2.05) is 6.92 Å². The Kier molecular flexibility index (Phi) is 14.9. The standard InChI is InChI=1S/C7H14O3.C6H12O2/c1-6(10-2)4-3-5-7(8)9;1-3-4-5-8-6(2)7/h6H,3-5H2,1-2H3,(H,8,9);3-5H2,1-2H3. The molecule has 1 N–H and O–H groups in total. The minimum Gasteiger partial charge on any atom is -0.481 e. The van der Waals surface area contributed by atoms with Crippen LogP contribution in [0.5, 0.6) is 0 Å². The molecule has 0 aromatic rings. The molecule has 0 fully saturated rings. The van der Waals surface area contributed by atoms with Gasteiger partial charge in [0.2, 0.25) is 0 Å². The van der Waals surface area contributed by atoms with Gasteiger partial charge in [0.15, 0.2) is 0 Å². The molecule has 0 spiro atoms. The van der Waals surface area contributed by atoms with Gasteiger partial charge in [0.1, 0.15) is 0 Å². The number of unbranched alkanes of at least 4 members (excludes halogenated alkanes) is 1. The zero-order chi connectivity index (χ0) is 14.4. The van der Waals surface area contributed by atoms with Gasteiger partial charge in [-0.15, -0.1) is 0 Å². The third-order valence-corrected chi connectivity index (χ3v) is 2.21. The van der Waals surface area contributed by atoms with Gasteiger partial charge in [-0.1, -0.05) is 13.3 Å². The fourth-order valence-electron chi connectivity index (χ4n) is 1.02. The molecule has 5 heteroatoms. The summed E-state index contributed by atoms with van der Waals surface area (Å²) in [6.45, 7) is 5.99. The number of hydrogen-bond donors (Lipinski definition) is 1. The highest BCUT2D eigenvalue weighted by Crippen LogP contribution is 2.02. The highest BCUT2D eigenvalue weighted by molar-refractivity contribution is 5.66. The SMILES string of the molecule is CCCCOC(C)=O.COC(C)CCCC(=O)O. The molecule has 1 atom stereocenters. The molecule has 18 heavy (non-hydrogen) atoms. The quantitative estimate of drug-likeness (QED) is 0.537. The lowest BCUT2D eigenvalue weighted by molar-refractivity contribution is -0.141. The molecule has 0 bridgehead atoms. The molecule has 0 aliphatic rings. The number of carboxylic acids is 1. The number of rotatable bonds is 8. The zero-order valence-corrected chi connectivity index (χ0v) is 11.9. The molecule has 1 unspecified atom stereocenters. The molecule has 0 aliphatic heterocycles. The van der Waals surface area contributed by atoms with Gasteiger partial charge in [-0.3, -0.25) is 9.59 Å². The van der Waals surface area contributed by atoms with E-state index in [0.29, 0.717) is 13.0 Å². The third-order valence-electron chi connectivity index (χ3n) is 2.21. The van der Waals surface area contributed by atoms with Crippen LogP contribution < -0.4 is 0 Å². The summed E-state index contributed by atoms with van der Waals surface area (Å²) in [5.41, 5.74) is 0. The Morgan fingerprint density at radius 2 is 1.89 bits per heavy atom. The minimum atomic E-state index is -0.733. The van der Waals surface area contributed by atoms with Crippen LogP contribution in [0.25, 0.3) is 0 Å². The number of carboxylic acid groups (broad SMARTS) is 1. The van der Waals surface area contributed by atoms with Gasteiger partial charge < -0.3 is 14.6 Å². The molecular weight excluding hydrogens is 236 g/mol. The van der Waals surface area contributed by atoms with Crippen LogP contribution >= 0.6 is 0 Å². The van der Waals surface area contributed by atoms with Crippen molar-refractivity contribution in [1.29, 1.82) is 0 Å². The second-order valence-electron chi connectivity index (χ2n) is 4.03. The zero-order valence-electron chi connectivity index (χ0n) is 11.9. The second-order valence-corrected chi connectivity index (χ2v) is 4.03. The molecule has 0 aliphatic carbocycles. The molecule has 108 valence electrons. The van der Waals surface area contributed by atoms with E-state index in [2.05, 4.69) is 11.7 Å². The molecular formula is C13H26O5. The Balaban J connectivity index is 0. The van der Waals surface area contributed by atoms with Crippen LogP contribution in [-0.4, -0.2) is 36.9 Å². The van der Waals surface area contributed by atoms with Crippen molar-refractivity contribution < 1.29 is 24.2 Å². The Hall–Kier alpha value is -1.10. The average molecular weight is 262 g/mol. The van der Waals surface area contributed by atoms with E-state index in [4.69, 9.17) is 9.84 Å². The van der Waals surface area contributed by atoms with Crippen molar-refractivity contribution in [3.05, 3.63) is 0 Å². The molecule has 5 nitrogen and oxygen atoms in total. The summed E-state index contributed by atoms with van der Waals surface area (Å²) in [4.78, 5) is 20.1. The van der Waals surface area contributed by atoms with E-state index in [9.17, 15) is 9.59 Å². The number of esters is 1. The van der Waals surface area contributed by atoms with Gasteiger partial charge >= 0.3 is 11.9 Å². The molecule has 0 saturated heterocycles. The summed E-state index contributed by atoms with van der Waals surface area (Å²) in [6, 6.07) is 0. The van der Waals surface area contributed by atoms with E-state index in [1.165, 1.54) is 6.92 Å². The predicted octanol–water partition coefficient (Wildman–Crippen LogP) is 2.63. The molecule has 0 rings (SSSR count). The highest BCUT2D eigenvalue weighted by atomic mass is 16.5. The largest absolute Gasteiger partial charge is 0.481 e. The Labute approximate surface area is 109 Å². The number of hydrogen-bond acceptors (Lipinski definition) is 4. The van der Waals surface area contributed by atoms with Gasteiger partial charge in [0.05, 0.1) is 12.7 Å². The maximum atomic E-state index is 10.1.